The maximum absolute atomic E-state index is 8.49. The van der Waals surface area contributed by atoms with E-state index in [4.69, 9.17) is 20.4 Å². The molecule has 0 aliphatic rings. The van der Waals surface area contributed by atoms with E-state index in [0.717, 1.165) is 0 Å². The van der Waals surface area contributed by atoms with Gasteiger partial charge in [-0.1, -0.05) is 5.16 Å². The van der Waals surface area contributed by atoms with E-state index >= 15 is 0 Å². The van der Waals surface area contributed by atoms with Crippen molar-refractivity contribution in [2.24, 2.45) is 10.9 Å². The van der Waals surface area contributed by atoms with Crippen LogP contribution in [-0.4, -0.2) is 40.8 Å². The third-order valence-corrected chi connectivity index (χ3v) is 1.71. The van der Waals surface area contributed by atoms with Gasteiger partial charge in [-0.05, 0) is 13.0 Å². The summed E-state index contributed by atoms with van der Waals surface area (Å²) in [7, 11) is 1.58. The number of rotatable bonds is 5. The maximum Gasteiger partial charge on any atom is 0.317 e. The van der Waals surface area contributed by atoms with Crippen LogP contribution in [0, 0.1) is 0 Å². The van der Waals surface area contributed by atoms with Crippen LogP contribution in [-0.2, 0) is 4.74 Å². The Balaban J connectivity index is 2.75. The quantitative estimate of drug-likeness (QED) is 0.316. The molecule has 7 nitrogen and oxygen atoms in total. The summed E-state index contributed by atoms with van der Waals surface area (Å²) >= 11 is 0. The first-order chi connectivity index (χ1) is 7.67. The molecule has 0 saturated heterocycles. The lowest BCUT2D eigenvalue weighted by Gasteiger charge is -2.11. The molecule has 88 valence electrons. The van der Waals surface area contributed by atoms with Gasteiger partial charge in [0.1, 0.15) is 11.8 Å². The number of methoxy groups -OCH3 is 1. The summed E-state index contributed by atoms with van der Waals surface area (Å²) in [6.45, 7) is 2.25. The summed E-state index contributed by atoms with van der Waals surface area (Å²) in [5.41, 5.74) is 5.68. The van der Waals surface area contributed by atoms with Crippen LogP contribution in [0.25, 0.3) is 0 Å². The van der Waals surface area contributed by atoms with Crippen LogP contribution in [0.3, 0.4) is 0 Å². The molecule has 0 fully saturated rings. The second kappa shape index (κ2) is 5.86. The van der Waals surface area contributed by atoms with Crippen molar-refractivity contribution < 1.29 is 14.7 Å². The third kappa shape index (κ3) is 3.35. The van der Waals surface area contributed by atoms with Gasteiger partial charge in [0.05, 0.1) is 6.61 Å². The van der Waals surface area contributed by atoms with E-state index in [1.807, 2.05) is 6.92 Å². The van der Waals surface area contributed by atoms with Crippen LogP contribution in [0.15, 0.2) is 17.4 Å². The first kappa shape index (κ1) is 12.2. The van der Waals surface area contributed by atoms with E-state index < -0.39 is 0 Å². The van der Waals surface area contributed by atoms with Gasteiger partial charge in [0, 0.05) is 13.3 Å². The third-order valence-electron chi connectivity index (χ3n) is 1.71. The Morgan fingerprint density at radius 2 is 2.44 bits per heavy atom. The molecule has 0 bridgehead atoms. The minimum atomic E-state index is -0.174. The molecule has 0 spiro atoms. The molecule has 0 aliphatic heterocycles. The fourth-order valence-corrected chi connectivity index (χ4v) is 1.04. The Morgan fingerprint density at radius 1 is 1.69 bits per heavy atom. The molecule has 0 saturated carbocycles. The highest BCUT2D eigenvalue weighted by Gasteiger charge is 2.08. The number of ether oxygens (including phenoxy) is 2. The van der Waals surface area contributed by atoms with Gasteiger partial charge in [-0.3, -0.25) is 0 Å². The largest absolute Gasteiger partial charge is 0.458 e. The highest BCUT2D eigenvalue weighted by Crippen LogP contribution is 2.05. The molecule has 1 unspecified atom stereocenters. The standard InChI is InChI=1S/C9H14N4O3/c1-6(5-15-2)16-9-11-4-3-7(12-9)8(10)13-14/h3-4,6,14H,5H2,1-2H3,(H2,10,13). The number of hydrogen-bond donors (Lipinski definition) is 2. The van der Waals surface area contributed by atoms with Gasteiger partial charge < -0.3 is 20.4 Å². The van der Waals surface area contributed by atoms with Gasteiger partial charge in [0.25, 0.3) is 0 Å². The molecular formula is C9H14N4O3. The molecular weight excluding hydrogens is 212 g/mol. The van der Waals surface area contributed by atoms with Gasteiger partial charge in [-0.2, -0.15) is 4.98 Å². The second-order valence-electron chi connectivity index (χ2n) is 3.09. The second-order valence-corrected chi connectivity index (χ2v) is 3.09. The van der Waals surface area contributed by atoms with E-state index in [1.165, 1.54) is 12.3 Å². The summed E-state index contributed by atoms with van der Waals surface area (Å²) in [6, 6.07) is 1.68. The van der Waals surface area contributed by atoms with Crippen LogP contribution in [0.1, 0.15) is 12.6 Å². The van der Waals surface area contributed by atoms with Gasteiger partial charge in [-0.15, -0.1) is 0 Å². The molecule has 0 radical (unpaired) electrons. The van der Waals surface area contributed by atoms with Crippen molar-refractivity contribution >= 4 is 5.84 Å². The SMILES string of the molecule is COCC(C)Oc1nccc(/C(N)=N/O)n1. The van der Waals surface area contributed by atoms with Crippen molar-refractivity contribution in [3.05, 3.63) is 18.0 Å². The fraction of sp³-hybridized carbons (Fsp3) is 0.444. The zero-order valence-electron chi connectivity index (χ0n) is 9.12. The Bertz CT molecular complexity index is 370. The Labute approximate surface area is 92.9 Å². The predicted octanol–water partition coefficient (Wildman–Crippen LogP) is -0.0152. The minimum absolute atomic E-state index is 0.0911. The number of amidine groups is 1. The Kier molecular flexibility index (Phi) is 4.46. The van der Waals surface area contributed by atoms with Gasteiger partial charge >= 0.3 is 6.01 Å². The van der Waals surface area contributed by atoms with E-state index in [9.17, 15) is 0 Å². The van der Waals surface area contributed by atoms with Crippen molar-refractivity contribution in [1.29, 1.82) is 0 Å². The molecule has 3 N–H and O–H groups in total. The van der Waals surface area contributed by atoms with Crippen LogP contribution in [0.4, 0.5) is 0 Å². The van der Waals surface area contributed by atoms with E-state index in [-0.39, 0.29) is 18.0 Å². The topological polar surface area (TPSA) is 103 Å². The molecule has 0 aliphatic carbocycles. The lowest BCUT2D eigenvalue weighted by Crippen LogP contribution is -2.21. The first-order valence-electron chi connectivity index (χ1n) is 4.64. The molecule has 1 heterocycles. The molecule has 0 amide bonds. The van der Waals surface area contributed by atoms with Crippen LogP contribution in [0.5, 0.6) is 6.01 Å². The molecule has 1 rings (SSSR count). The number of nitrogens with zero attached hydrogens (tertiary/aromatic N) is 3. The van der Waals surface area contributed by atoms with Crippen molar-refractivity contribution in [1.82, 2.24) is 9.97 Å². The molecule has 1 aromatic rings. The molecule has 7 heteroatoms. The number of hydrogen-bond acceptors (Lipinski definition) is 6. The zero-order valence-corrected chi connectivity index (χ0v) is 9.12. The molecule has 1 atom stereocenters. The van der Waals surface area contributed by atoms with Crippen molar-refractivity contribution in [3.8, 4) is 6.01 Å². The smallest absolute Gasteiger partial charge is 0.317 e. The Morgan fingerprint density at radius 3 is 3.06 bits per heavy atom. The maximum atomic E-state index is 8.49. The summed E-state index contributed by atoms with van der Waals surface area (Å²) in [6.07, 6.45) is 1.29. The van der Waals surface area contributed by atoms with E-state index in [2.05, 4.69) is 15.1 Å². The lowest BCUT2D eigenvalue weighted by atomic mass is 10.4. The summed E-state index contributed by atoms with van der Waals surface area (Å²) in [5, 5.41) is 11.3. The average molecular weight is 226 g/mol. The van der Waals surface area contributed by atoms with Crippen LogP contribution in [0.2, 0.25) is 0 Å². The van der Waals surface area contributed by atoms with E-state index in [1.54, 1.807) is 7.11 Å². The molecule has 0 aromatic carbocycles. The molecule has 1 aromatic heterocycles. The predicted molar refractivity (Wildman–Crippen MR) is 56.5 cm³/mol. The van der Waals surface area contributed by atoms with Crippen molar-refractivity contribution in [2.75, 3.05) is 13.7 Å². The summed E-state index contributed by atoms with van der Waals surface area (Å²) < 4.78 is 10.3. The zero-order chi connectivity index (χ0) is 12.0. The van der Waals surface area contributed by atoms with Gasteiger partial charge in [-0.25, -0.2) is 4.98 Å². The highest BCUT2D eigenvalue weighted by atomic mass is 16.5. The van der Waals surface area contributed by atoms with Crippen molar-refractivity contribution in [2.45, 2.75) is 13.0 Å². The highest BCUT2D eigenvalue weighted by molar-refractivity contribution is 5.95. The number of aromatic nitrogens is 2. The lowest BCUT2D eigenvalue weighted by molar-refractivity contribution is 0.0855. The van der Waals surface area contributed by atoms with Gasteiger partial charge in [0.15, 0.2) is 5.84 Å². The van der Waals surface area contributed by atoms with Crippen LogP contribution >= 0.6 is 0 Å². The summed E-state index contributed by atoms with van der Waals surface area (Å²) in [4.78, 5) is 7.86. The average Bonchev–Trinajstić information content (AvgIpc) is 2.28. The van der Waals surface area contributed by atoms with Crippen molar-refractivity contribution in [3.63, 3.8) is 0 Å². The number of oxime groups is 1. The Hall–Kier alpha value is -1.89. The monoisotopic (exact) mass is 226 g/mol. The van der Waals surface area contributed by atoms with Gasteiger partial charge in [0.2, 0.25) is 0 Å². The normalized spacial score (nSPS) is 13.5. The van der Waals surface area contributed by atoms with E-state index in [0.29, 0.717) is 12.3 Å². The molecule has 16 heavy (non-hydrogen) atoms. The first-order valence-corrected chi connectivity index (χ1v) is 4.64. The fourth-order valence-electron chi connectivity index (χ4n) is 1.04. The minimum Gasteiger partial charge on any atom is -0.458 e. The summed E-state index contributed by atoms with van der Waals surface area (Å²) in [5.74, 6) is -0.0911. The van der Waals surface area contributed by atoms with Crippen LogP contribution < -0.4 is 10.5 Å². The number of nitrogens with two attached hydrogens (primary N) is 1.